The van der Waals surface area contributed by atoms with E-state index in [1.54, 1.807) is 13.8 Å². The van der Waals surface area contributed by atoms with E-state index in [2.05, 4.69) is 15.4 Å². The molecule has 2 fully saturated rings. The van der Waals surface area contributed by atoms with Crippen LogP contribution in [0.15, 0.2) is 0 Å². The second kappa shape index (κ2) is 4.29. The smallest absolute Gasteiger partial charge is 0.330 e. The summed E-state index contributed by atoms with van der Waals surface area (Å²) in [5, 5.41) is 6.19. The maximum atomic E-state index is 12.1. The van der Waals surface area contributed by atoms with Crippen molar-refractivity contribution in [3.63, 3.8) is 0 Å². The quantitative estimate of drug-likeness (QED) is 0.691. The van der Waals surface area contributed by atoms with Gasteiger partial charge in [0.05, 0.1) is 13.0 Å². The van der Waals surface area contributed by atoms with Gasteiger partial charge in [0.15, 0.2) is 0 Å². The van der Waals surface area contributed by atoms with Crippen LogP contribution >= 0.6 is 0 Å². The summed E-state index contributed by atoms with van der Waals surface area (Å²) in [6.45, 7) is 3.33. The number of hydrogen-bond acceptors (Lipinski definition) is 4. The predicted molar refractivity (Wildman–Crippen MR) is 62.3 cm³/mol. The maximum Gasteiger partial charge on any atom is 0.330 e. The van der Waals surface area contributed by atoms with Crippen LogP contribution in [0.5, 0.6) is 0 Å². The summed E-state index contributed by atoms with van der Waals surface area (Å²) < 4.78 is 4.67. The molecule has 3 atom stereocenters. The summed E-state index contributed by atoms with van der Waals surface area (Å²) in [4.78, 5) is 23.6. The number of ether oxygens (including phenoxy) is 1. The van der Waals surface area contributed by atoms with Crippen LogP contribution in [0.4, 0.5) is 0 Å². The molecular formula is C12H20N2O3. The van der Waals surface area contributed by atoms with Crippen molar-refractivity contribution in [2.45, 2.75) is 50.7 Å². The minimum atomic E-state index is -0.951. The molecule has 0 spiro atoms. The predicted octanol–water partition coefficient (Wildman–Crippen LogP) is 0.195. The molecule has 5 heteroatoms. The Kier molecular flexibility index (Phi) is 3.12. The van der Waals surface area contributed by atoms with Gasteiger partial charge in [-0.3, -0.25) is 4.79 Å². The Bertz CT molecular complexity index is 341. The van der Waals surface area contributed by atoms with Crippen molar-refractivity contribution in [1.29, 1.82) is 0 Å². The molecule has 96 valence electrons. The number of carbonyl (C=O) groups excluding carboxylic acids is 2. The number of methoxy groups -OCH3 is 1. The van der Waals surface area contributed by atoms with Crippen molar-refractivity contribution < 1.29 is 14.3 Å². The summed E-state index contributed by atoms with van der Waals surface area (Å²) >= 11 is 0. The van der Waals surface area contributed by atoms with E-state index in [1.807, 2.05) is 0 Å². The van der Waals surface area contributed by atoms with Gasteiger partial charge in [0.25, 0.3) is 0 Å². The van der Waals surface area contributed by atoms with Crippen LogP contribution in [0.3, 0.4) is 0 Å². The molecule has 0 aromatic rings. The highest BCUT2D eigenvalue weighted by atomic mass is 16.5. The summed E-state index contributed by atoms with van der Waals surface area (Å²) in [5.41, 5.74) is -0.951. The Labute approximate surface area is 101 Å². The maximum absolute atomic E-state index is 12.1. The Morgan fingerprint density at radius 3 is 2.53 bits per heavy atom. The first-order chi connectivity index (χ1) is 7.94. The lowest BCUT2D eigenvalue weighted by Crippen LogP contribution is -2.53. The molecule has 5 nitrogen and oxygen atoms in total. The second-order valence-electron chi connectivity index (χ2n) is 5.50. The first kappa shape index (κ1) is 12.4. The van der Waals surface area contributed by atoms with Gasteiger partial charge in [-0.15, -0.1) is 0 Å². The van der Waals surface area contributed by atoms with Crippen molar-refractivity contribution in [2.24, 2.45) is 5.92 Å². The third-order valence-corrected chi connectivity index (χ3v) is 3.77. The standard InChI is InChI=1S/C12H20N2O3/c1-12(2,11(16)17-3)14-10(15)8-6-7-4-5-9(8)13-7/h7-9,13H,4-6H2,1-3H3,(H,14,15). The molecule has 0 radical (unpaired) electrons. The van der Waals surface area contributed by atoms with Crippen LogP contribution in [0.1, 0.15) is 33.1 Å². The van der Waals surface area contributed by atoms with Gasteiger partial charge < -0.3 is 15.4 Å². The number of esters is 1. The van der Waals surface area contributed by atoms with Crippen LogP contribution in [0.25, 0.3) is 0 Å². The van der Waals surface area contributed by atoms with Crippen molar-refractivity contribution in [1.82, 2.24) is 10.6 Å². The Hall–Kier alpha value is -1.10. The lowest BCUT2D eigenvalue weighted by atomic mass is 9.88. The van der Waals surface area contributed by atoms with Gasteiger partial charge in [0.2, 0.25) is 5.91 Å². The van der Waals surface area contributed by atoms with Crippen LogP contribution in [-0.4, -0.2) is 36.6 Å². The van der Waals surface area contributed by atoms with Crippen molar-refractivity contribution in [2.75, 3.05) is 7.11 Å². The lowest BCUT2D eigenvalue weighted by molar-refractivity contribution is -0.150. The van der Waals surface area contributed by atoms with Crippen molar-refractivity contribution in [3.05, 3.63) is 0 Å². The van der Waals surface area contributed by atoms with Crippen LogP contribution in [0.2, 0.25) is 0 Å². The summed E-state index contributed by atoms with van der Waals surface area (Å²) in [5.74, 6) is -0.459. The molecule has 2 heterocycles. The van der Waals surface area contributed by atoms with Gasteiger partial charge in [0.1, 0.15) is 5.54 Å². The Morgan fingerprint density at radius 1 is 1.35 bits per heavy atom. The van der Waals surface area contributed by atoms with Gasteiger partial charge in [-0.25, -0.2) is 4.79 Å². The molecule has 1 amide bonds. The van der Waals surface area contributed by atoms with E-state index in [0.29, 0.717) is 6.04 Å². The number of rotatable bonds is 3. The fourth-order valence-corrected chi connectivity index (χ4v) is 2.82. The van der Waals surface area contributed by atoms with E-state index in [9.17, 15) is 9.59 Å². The van der Waals surface area contributed by atoms with Crippen LogP contribution in [-0.2, 0) is 14.3 Å². The van der Waals surface area contributed by atoms with E-state index in [1.165, 1.54) is 7.11 Å². The number of hydrogen-bond donors (Lipinski definition) is 2. The molecule has 2 N–H and O–H groups in total. The number of amides is 1. The molecule has 2 bridgehead atoms. The van der Waals surface area contributed by atoms with Crippen LogP contribution < -0.4 is 10.6 Å². The first-order valence-electron chi connectivity index (χ1n) is 6.10. The SMILES string of the molecule is COC(=O)C(C)(C)NC(=O)C1CC2CCC1N2. The zero-order valence-electron chi connectivity index (χ0n) is 10.6. The topological polar surface area (TPSA) is 67.4 Å². The third-order valence-electron chi connectivity index (χ3n) is 3.77. The fraction of sp³-hybridized carbons (Fsp3) is 0.833. The zero-order chi connectivity index (χ0) is 12.6. The average molecular weight is 240 g/mol. The Balaban J connectivity index is 1.95. The highest BCUT2D eigenvalue weighted by Gasteiger charge is 2.44. The molecule has 17 heavy (non-hydrogen) atoms. The molecule has 2 aliphatic rings. The number of nitrogens with one attached hydrogen (secondary N) is 2. The summed E-state index contributed by atoms with van der Waals surface area (Å²) in [6.07, 6.45) is 3.10. The van der Waals surface area contributed by atoms with E-state index in [-0.39, 0.29) is 17.9 Å². The highest BCUT2D eigenvalue weighted by molar-refractivity contribution is 5.88. The molecule has 2 saturated heterocycles. The molecule has 3 unspecified atom stereocenters. The highest BCUT2D eigenvalue weighted by Crippen LogP contribution is 2.33. The summed E-state index contributed by atoms with van der Waals surface area (Å²) in [7, 11) is 1.33. The lowest BCUT2D eigenvalue weighted by Gasteiger charge is -2.27. The molecule has 0 saturated carbocycles. The third kappa shape index (κ3) is 2.29. The largest absolute Gasteiger partial charge is 0.467 e. The molecule has 0 aromatic heterocycles. The second-order valence-corrected chi connectivity index (χ2v) is 5.50. The van der Waals surface area contributed by atoms with Gasteiger partial charge in [-0.05, 0) is 33.1 Å². The number of fused-ring (bicyclic) bond motifs is 2. The molecule has 2 aliphatic heterocycles. The van der Waals surface area contributed by atoms with E-state index in [4.69, 9.17) is 0 Å². The van der Waals surface area contributed by atoms with Gasteiger partial charge in [0, 0.05) is 12.1 Å². The van der Waals surface area contributed by atoms with Gasteiger partial charge in [-0.1, -0.05) is 0 Å². The van der Waals surface area contributed by atoms with Crippen LogP contribution in [0, 0.1) is 5.92 Å². The van der Waals surface area contributed by atoms with E-state index < -0.39 is 11.5 Å². The van der Waals surface area contributed by atoms with Crippen molar-refractivity contribution in [3.8, 4) is 0 Å². The Morgan fingerprint density at radius 2 is 2.06 bits per heavy atom. The number of carbonyl (C=O) groups is 2. The minimum Gasteiger partial charge on any atom is -0.467 e. The first-order valence-corrected chi connectivity index (χ1v) is 6.10. The summed E-state index contributed by atoms with van der Waals surface area (Å²) in [6, 6.07) is 0.769. The molecule has 0 aromatic carbocycles. The fourth-order valence-electron chi connectivity index (χ4n) is 2.82. The van der Waals surface area contributed by atoms with E-state index in [0.717, 1.165) is 19.3 Å². The minimum absolute atomic E-state index is 0.00215. The molecule has 0 aliphatic carbocycles. The van der Waals surface area contributed by atoms with Crippen molar-refractivity contribution >= 4 is 11.9 Å². The van der Waals surface area contributed by atoms with Gasteiger partial charge in [-0.2, -0.15) is 0 Å². The van der Waals surface area contributed by atoms with E-state index >= 15 is 0 Å². The monoisotopic (exact) mass is 240 g/mol. The van der Waals surface area contributed by atoms with Gasteiger partial charge >= 0.3 is 5.97 Å². The molecule has 2 rings (SSSR count). The zero-order valence-corrected chi connectivity index (χ0v) is 10.6. The average Bonchev–Trinajstić information content (AvgIpc) is 2.88. The molecular weight excluding hydrogens is 220 g/mol. The normalized spacial score (nSPS) is 31.4.